The molecule has 0 aromatic heterocycles. The third kappa shape index (κ3) is 2.00. The minimum absolute atomic E-state index is 0.00725. The van der Waals surface area contributed by atoms with Gasteiger partial charge in [0.15, 0.2) is 0 Å². The van der Waals surface area contributed by atoms with Crippen LogP contribution in [0.15, 0.2) is 24.3 Å². The van der Waals surface area contributed by atoms with Gasteiger partial charge in [-0.15, -0.1) is 0 Å². The molecule has 1 fully saturated rings. The molecule has 1 aromatic carbocycles. The van der Waals surface area contributed by atoms with E-state index in [1.807, 2.05) is 0 Å². The maximum atomic E-state index is 12.6. The summed E-state index contributed by atoms with van der Waals surface area (Å²) < 4.78 is 37.9. The maximum absolute atomic E-state index is 12.6. The van der Waals surface area contributed by atoms with Gasteiger partial charge in [-0.1, -0.05) is 18.2 Å². The second kappa shape index (κ2) is 3.52. The Morgan fingerprint density at radius 3 is 2.47 bits per heavy atom. The zero-order valence-electron chi connectivity index (χ0n) is 8.09. The molecule has 0 bridgehead atoms. The van der Waals surface area contributed by atoms with Crippen molar-refractivity contribution in [2.45, 2.75) is 18.5 Å². The van der Waals surface area contributed by atoms with Gasteiger partial charge >= 0.3 is 6.18 Å². The zero-order chi connectivity index (χ0) is 11.1. The van der Waals surface area contributed by atoms with Crippen molar-refractivity contribution >= 4 is 0 Å². The van der Waals surface area contributed by atoms with Crippen LogP contribution in [0.1, 0.15) is 23.5 Å². The quantitative estimate of drug-likeness (QED) is 0.806. The Morgan fingerprint density at radius 2 is 1.93 bits per heavy atom. The molecule has 82 valence electrons. The van der Waals surface area contributed by atoms with Gasteiger partial charge in [-0.05, 0) is 36.4 Å². The van der Waals surface area contributed by atoms with Gasteiger partial charge in [0.05, 0.1) is 5.56 Å². The van der Waals surface area contributed by atoms with Crippen LogP contribution in [-0.4, -0.2) is 6.54 Å². The van der Waals surface area contributed by atoms with Gasteiger partial charge < -0.3 is 5.73 Å². The van der Waals surface area contributed by atoms with E-state index in [2.05, 4.69) is 0 Å². The monoisotopic (exact) mass is 215 g/mol. The van der Waals surface area contributed by atoms with Gasteiger partial charge in [-0.25, -0.2) is 0 Å². The number of hydrogen-bond acceptors (Lipinski definition) is 1. The van der Waals surface area contributed by atoms with Crippen molar-refractivity contribution in [1.29, 1.82) is 0 Å². The van der Waals surface area contributed by atoms with Gasteiger partial charge in [0.1, 0.15) is 0 Å². The average molecular weight is 215 g/mol. The number of rotatable bonds is 2. The van der Waals surface area contributed by atoms with Crippen molar-refractivity contribution in [2.24, 2.45) is 11.7 Å². The second-order valence-electron chi connectivity index (χ2n) is 3.92. The van der Waals surface area contributed by atoms with Crippen LogP contribution < -0.4 is 5.73 Å². The molecule has 4 heteroatoms. The Labute approximate surface area is 86.1 Å². The summed E-state index contributed by atoms with van der Waals surface area (Å²) in [4.78, 5) is 0. The van der Waals surface area contributed by atoms with Crippen LogP contribution in [0.5, 0.6) is 0 Å². The Hall–Kier alpha value is -1.03. The fourth-order valence-corrected chi connectivity index (χ4v) is 1.97. The van der Waals surface area contributed by atoms with Gasteiger partial charge in [0, 0.05) is 0 Å². The van der Waals surface area contributed by atoms with Crippen molar-refractivity contribution in [3.05, 3.63) is 35.4 Å². The predicted molar refractivity (Wildman–Crippen MR) is 51.3 cm³/mol. The van der Waals surface area contributed by atoms with Crippen molar-refractivity contribution in [2.75, 3.05) is 6.54 Å². The highest BCUT2D eigenvalue weighted by molar-refractivity contribution is 5.36. The lowest BCUT2D eigenvalue weighted by Gasteiger charge is -2.12. The predicted octanol–water partition coefficient (Wildman–Crippen LogP) is 2.77. The van der Waals surface area contributed by atoms with Gasteiger partial charge in [-0.2, -0.15) is 13.2 Å². The van der Waals surface area contributed by atoms with Gasteiger partial charge in [0.25, 0.3) is 0 Å². The molecule has 15 heavy (non-hydrogen) atoms. The molecule has 1 saturated carbocycles. The lowest BCUT2D eigenvalue weighted by Crippen LogP contribution is -2.09. The molecule has 0 amide bonds. The van der Waals surface area contributed by atoms with Crippen molar-refractivity contribution in [3.8, 4) is 0 Å². The summed E-state index contributed by atoms with van der Waals surface area (Å²) in [6, 6.07) is 5.77. The average Bonchev–Trinajstić information content (AvgIpc) is 2.95. The Balaban J connectivity index is 2.32. The smallest absolute Gasteiger partial charge is 0.330 e. The second-order valence-corrected chi connectivity index (χ2v) is 3.92. The van der Waals surface area contributed by atoms with Crippen LogP contribution in [-0.2, 0) is 6.18 Å². The van der Waals surface area contributed by atoms with E-state index in [1.165, 1.54) is 6.07 Å². The first-order valence-corrected chi connectivity index (χ1v) is 4.90. The highest BCUT2D eigenvalue weighted by atomic mass is 19.4. The molecule has 0 spiro atoms. The zero-order valence-corrected chi connectivity index (χ0v) is 8.09. The number of nitrogens with two attached hydrogens (primary N) is 1. The van der Waals surface area contributed by atoms with Crippen LogP contribution in [0, 0.1) is 5.92 Å². The summed E-state index contributed by atoms with van der Waals surface area (Å²) in [7, 11) is 0. The van der Waals surface area contributed by atoms with Gasteiger partial charge in [0.2, 0.25) is 0 Å². The molecular weight excluding hydrogens is 203 g/mol. The van der Waals surface area contributed by atoms with E-state index in [0.29, 0.717) is 12.1 Å². The minimum atomic E-state index is -4.25. The fourth-order valence-electron chi connectivity index (χ4n) is 1.97. The molecule has 2 rings (SSSR count). The van der Waals surface area contributed by atoms with Crippen molar-refractivity contribution in [1.82, 2.24) is 0 Å². The SMILES string of the molecule is NC[C@H]1C[C@@H]1c1ccccc1C(F)(F)F. The number of benzene rings is 1. The Morgan fingerprint density at radius 1 is 1.27 bits per heavy atom. The van der Waals surface area contributed by atoms with Crippen LogP contribution in [0.25, 0.3) is 0 Å². The van der Waals surface area contributed by atoms with Crippen molar-refractivity contribution < 1.29 is 13.2 Å². The van der Waals surface area contributed by atoms with E-state index in [-0.39, 0.29) is 11.8 Å². The highest BCUT2D eigenvalue weighted by Crippen LogP contribution is 2.50. The molecule has 2 N–H and O–H groups in total. The summed E-state index contributed by atoms with van der Waals surface area (Å²) >= 11 is 0. The summed E-state index contributed by atoms with van der Waals surface area (Å²) in [6.07, 6.45) is -3.47. The largest absolute Gasteiger partial charge is 0.416 e. The molecule has 1 aromatic rings. The summed E-state index contributed by atoms with van der Waals surface area (Å²) in [6.45, 7) is 0.469. The molecule has 0 heterocycles. The Bertz CT molecular complexity index is 359. The summed E-state index contributed by atoms with van der Waals surface area (Å²) in [5.41, 5.74) is 5.33. The molecule has 0 unspecified atom stereocenters. The normalized spacial score (nSPS) is 25.3. The molecule has 0 radical (unpaired) electrons. The lowest BCUT2D eigenvalue weighted by atomic mass is 10.0. The maximum Gasteiger partial charge on any atom is 0.416 e. The number of hydrogen-bond donors (Lipinski definition) is 1. The molecule has 0 saturated heterocycles. The topological polar surface area (TPSA) is 26.0 Å². The third-order valence-corrected chi connectivity index (χ3v) is 2.89. The van der Waals surface area contributed by atoms with E-state index in [0.717, 1.165) is 12.5 Å². The van der Waals surface area contributed by atoms with Gasteiger partial charge in [-0.3, -0.25) is 0 Å². The van der Waals surface area contributed by atoms with E-state index in [1.54, 1.807) is 12.1 Å². The molecule has 0 aliphatic heterocycles. The first-order valence-electron chi connectivity index (χ1n) is 4.90. The molecular formula is C11H12F3N. The number of halogens is 3. The summed E-state index contributed by atoms with van der Waals surface area (Å²) in [5, 5.41) is 0. The van der Waals surface area contributed by atoms with Crippen molar-refractivity contribution in [3.63, 3.8) is 0 Å². The summed E-state index contributed by atoms with van der Waals surface area (Å²) in [5.74, 6) is 0.237. The first kappa shape index (κ1) is 10.5. The third-order valence-electron chi connectivity index (χ3n) is 2.89. The minimum Gasteiger partial charge on any atom is -0.330 e. The van der Waals surface area contributed by atoms with Crippen LogP contribution in [0.2, 0.25) is 0 Å². The standard InChI is InChI=1S/C11H12F3N/c12-11(13,14)10-4-2-1-3-8(10)9-5-7(9)6-15/h1-4,7,9H,5-6,15H2/t7-,9+/m1/s1. The molecule has 2 atom stereocenters. The van der Waals surface area contributed by atoms with E-state index in [4.69, 9.17) is 5.73 Å². The van der Waals surface area contributed by atoms with E-state index >= 15 is 0 Å². The molecule has 1 nitrogen and oxygen atoms in total. The lowest BCUT2D eigenvalue weighted by molar-refractivity contribution is -0.138. The van der Waals surface area contributed by atoms with Crippen LogP contribution >= 0.6 is 0 Å². The fraction of sp³-hybridized carbons (Fsp3) is 0.455. The van der Waals surface area contributed by atoms with E-state index < -0.39 is 11.7 Å². The van der Waals surface area contributed by atoms with Crippen LogP contribution in [0.3, 0.4) is 0 Å². The molecule has 1 aliphatic carbocycles. The highest BCUT2D eigenvalue weighted by Gasteiger charge is 2.43. The molecule has 1 aliphatic rings. The Kier molecular flexibility index (Phi) is 2.46. The first-order chi connectivity index (χ1) is 7.04. The number of alkyl halides is 3. The van der Waals surface area contributed by atoms with E-state index in [9.17, 15) is 13.2 Å². The van der Waals surface area contributed by atoms with Crippen LogP contribution in [0.4, 0.5) is 13.2 Å².